The minimum atomic E-state index is -0.895. The highest BCUT2D eigenvalue weighted by atomic mass is 16.6. The Morgan fingerprint density at radius 1 is 1.44 bits per heavy atom. The van der Waals surface area contributed by atoms with Gasteiger partial charge in [-0.2, -0.15) is 0 Å². The summed E-state index contributed by atoms with van der Waals surface area (Å²) in [6.07, 6.45) is 1.39. The van der Waals surface area contributed by atoms with Crippen LogP contribution in [0, 0.1) is 5.92 Å². The molecule has 0 bridgehead atoms. The van der Waals surface area contributed by atoms with Gasteiger partial charge in [0, 0.05) is 6.04 Å². The third kappa shape index (κ3) is 5.00. The topological polar surface area (TPSA) is 75.6 Å². The van der Waals surface area contributed by atoms with E-state index in [2.05, 4.69) is 5.32 Å². The van der Waals surface area contributed by atoms with Gasteiger partial charge in [0.15, 0.2) is 0 Å². The number of rotatable bonds is 4. The molecule has 0 aromatic heterocycles. The first-order chi connectivity index (χ1) is 7.28. The molecule has 0 unspecified atom stereocenters. The Labute approximate surface area is 95.2 Å². The standard InChI is InChI=1S/C11H19NO4/c1-11(2,3)16-10(15)12-8(6-9(13)14)7-4-5-7/h7-8H,4-6H2,1-3H3,(H,12,15)(H,13,14)/t8-/m0/s1. The van der Waals surface area contributed by atoms with Gasteiger partial charge in [0.2, 0.25) is 0 Å². The number of amides is 1. The molecule has 1 amide bonds. The maximum atomic E-state index is 11.5. The number of ether oxygens (including phenoxy) is 1. The van der Waals surface area contributed by atoms with E-state index in [1.54, 1.807) is 20.8 Å². The van der Waals surface area contributed by atoms with E-state index in [0.29, 0.717) is 5.92 Å². The predicted molar refractivity (Wildman–Crippen MR) is 58.1 cm³/mol. The smallest absolute Gasteiger partial charge is 0.407 e. The molecule has 0 aromatic rings. The van der Waals surface area contributed by atoms with Gasteiger partial charge in [0.05, 0.1) is 6.42 Å². The summed E-state index contributed by atoms with van der Waals surface area (Å²) in [6, 6.07) is -0.299. The van der Waals surface area contributed by atoms with E-state index in [4.69, 9.17) is 9.84 Å². The van der Waals surface area contributed by atoms with E-state index in [9.17, 15) is 9.59 Å². The van der Waals surface area contributed by atoms with Crippen molar-refractivity contribution >= 4 is 12.1 Å². The monoisotopic (exact) mass is 229 g/mol. The van der Waals surface area contributed by atoms with Gasteiger partial charge in [-0.15, -0.1) is 0 Å². The van der Waals surface area contributed by atoms with Crippen LogP contribution in [0.3, 0.4) is 0 Å². The van der Waals surface area contributed by atoms with Crippen molar-refractivity contribution in [2.24, 2.45) is 5.92 Å². The summed E-state index contributed by atoms with van der Waals surface area (Å²) in [5.74, 6) is -0.600. The summed E-state index contributed by atoms with van der Waals surface area (Å²) in [6.45, 7) is 5.32. The molecule has 5 nitrogen and oxygen atoms in total. The molecule has 1 aliphatic carbocycles. The molecular formula is C11H19NO4. The Hall–Kier alpha value is -1.26. The molecule has 0 saturated heterocycles. The van der Waals surface area contributed by atoms with E-state index in [1.807, 2.05) is 0 Å². The molecule has 92 valence electrons. The lowest BCUT2D eigenvalue weighted by atomic mass is 10.1. The highest BCUT2D eigenvalue weighted by Gasteiger charge is 2.34. The van der Waals surface area contributed by atoms with Crippen molar-refractivity contribution in [3.8, 4) is 0 Å². The quantitative estimate of drug-likeness (QED) is 0.770. The molecule has 5 heteroatoms. The Kier molecular flexibility index (Phi) is 3.78. The van der Waals surface area contributed by atoms with E-state index in [-0.39, 0.29) is 12.5 Å². The zero-order valence-electron chi connectivity index (χ0n) is 9.95. The average Bonchev–Trinajstić information content (AvgIpc) is 2.78. The van der Waals surface area contributed by atoms with Crippen molar-refractivity contribution in [3.05, 3.63) is 0 Å². The lowest BCUT2D eigenvalue weighted by molar-refractivity contribution is -0.137. The predicted octanol–water partition coefficient (Wildman–Crippen LogP) is 1.76. The molecule has 1 fully saturated rings. The maximum Gasteiger partial charge on any atom is 0.407 e. The van der Waals surface area contributed by atoms with Crippen LogP contribution in [0.25, 0.3) is 0 Å². The fourth-order valence-electron chi connectivity index (χ4n) is 1.48. The minimum Gasteiger partial charge on any atom is -0.481 e. The van der Waals surface area contributed by atoms with Crippen LogP contribution in [-0.4, -0.2) is 28.8 Å². The van der Waals surface area contributed by atoms with E-state index in [1.165, 1.54) is 0 Å². The van der Waals surface area contributed by atoms with Gasteiger partial charge in [-0.25, -0.2) is 4.79 Å². The van der Waals surface area contributed by atoms with Crippen LogP contribution in [0.4, 0.5) is 4.79 Å². The van der Waals surface area contributed by atoms with Gasteiger partial charge in [0.25, 0.3) is 0 Å². The number of carbonyl (C=O) groups is 2. The number of carbonyl (C=O) groups excluding carboxylic acids is 1. The van der Waals surface area contributed by atoms with Crippen molar-refractivity contribution in [2.45, 2.75) is 51.7 Å². The lowest BCUT2D eigenvalue weighted by Gasteiger charge is -2.22. The maximum absolute atomic E-state index is 11.5. The second kappa shape index (κ2) is 4.72. The molecule has 1 atom stereocenters. The van der Waals surface area contributed by atoms with Crippen LogP contribution in [0.5, 0.6) is 0 Å². The van der Waals surface area contributed by atoms with Crippen molar-refractivity contribution < 1.29 is 19.4 Å². The Bertz CT molecular complexity index is 278. The molecular weight excluding hydrogens is 210 g/mol. The van der Waals surface area contributed by atoms with Crippen LogP contribution < -0.4 is 5.32 Å². The van der Waals surface area contributed by atoms with Crippen molar-refractivity contribution in [1.29, 1.82) is 0 Å². The van der Waals surface area contributed by atoms with Gasteiger partial charge in [-0.3, -0.25) is 4.79 Å². The SMILES string of the molecule is CC(C)(C)OC(=O)N[C@@H](CC(=O)O)C1CC1. The summed E-state index contributed by atoms with van der Waals surface area (Å²) in [5, 5.41) is 11.3. The summed E-state index contributed by atoms with van der Waals surface area (Å²) < 4.78 is 5.08. The number of carboxylic acids is 1. The second-order valence-electron chi connectivity index (χ2n) is 5.19. The molecule has 16 heavy (non-hydrogen) atoms. The third-order valence-corrected chi connectivity index (χ3v) is 2.29. The van der Waals surface area contributed by atoms with E-state index >= 15 is 0 Å². The van der Waals surface area contributed by atoms with Gasteiger partial charge in [0.1, 0.15) is 5.60 Å². The van der Waals surface area contributed by atoms with Crippen LogP contribution in [0.15, 0.2) is 0 Å². The van der Waals surface area contributed by atoms with Crippen LogP contribution in [-0.2, 0) is 9.53 Å². The molecule has 0 spiro atoms. The molecule has 2 N–H and O–H groups in total. The molecule has 1 rings (SSSR count). The molecule has 0 radical (unpaired) electrons. The highest BCUT2D eigenvalue weighted by molar-refractivity contribution is 5.71. The minimum absolute atomic E-state index is 0.0378. The third-order valence-electron chi connectivity index (χ3n) is 2.29. The first kappa shape index (κ1) is 12.8. The average molecular weight is 229 g/mol. The number of alkyl carbamates (subject to hydrolysis) is 1. The Balaban J connectivity index is 2.42. The molecule has 0 heterocycles. The number of nitrogens with one attached hydrogen (secondary N) is 1. The summed E-state index contributed by atoms with van der Waals surface area (Å²) in [7, 11) is 0. The number of aliphatic carboxylic acids is 1. The normalized spacial score (nSPS) is 17.7. The van der Waals surface area contributed by atoms with Crippen LogP contribution >= 0.6 is 0 Å². The van der Waals surface area contributed by atoms with Crippen LogP contribution in [0.2, 0.25) is 0 Å². The molecule has 1 saturated carbocycles. The van der Waals surface area contributed by atoms with Crippen molar-refractivity contribution in [3.63, 3.8) is 0 Å². The van der Waals surface area contributed by atoms with Crippen molar-refractivity contribution in [1.82, 2.24) is 5.32 Å². The van der Waals surface area contributed by atoms with Gasteiger partial charge < -0.3 is 15.2 Å². The summed E-state index contributed by atoms with van der Waals surface area (Å²) in [5.41, 5.74) is -0.554. The number of hydrogen-bond acceptors (Lipinski definition) is 3. The van der Waals surface area contributed by atoms with Gasteiger partial charge in [-0.1, -0.05) is 0 Å². The van der Waals surface area contributed by atoms with Gasteiger partial charge in [-0.05, 0) is 39.5 Å². The van der Waals surface area contributed by atoms with Crippen molar-refractivity contribution in [2.75, 3.05) is 0 Å². The zero-order chi connectivity index (χ0) is 12.3. The molecule has 1 aliphatic rings. The number of carboxylic acid groups (broad SMARTS) is 1. The lowest BCUT2D eigenvalue weighted by Crippen LogP contribution is -2.41. The zero-order valence-corrected chi connectivity index (χ0v) is 9.95. The second-order valence-corrected chi connectivity index (χ2v) is 5.19. The first-order valence-corrected chi connectivity index (χ1v) is 5.49. The van der Waals surface area contributed by atoms with Gasteiger partial charge >= 0.3 is 12.1 Å². The van der Waals surface area contributed by atoms with E-state index in [0.717, 1.165) is 12.8 Å². The largest absolute Gasteiger partial charge is 0.481 e. The van der Waals surface area contributed by atoms with E-state index < -0.39 is 17.7 Å². The molecule has 0 aliphatic heterocycles. The fourth-order valence-corrected chi connectivity index (χ4v) is 1.48. The highest BCUT2D eigenvalue weighted by Crippen LogP contribution is 2.34. The summed E-state index contributed by atoms with van der Waals surface area (Å²) in [4.78, 5) is 22.1. The first-order valence-electron chi connectivity index (χ1n) is 5.49. The summed E-state index contributed by atoms with van der Waals surface area (Å²) >= 11 is 0. The molecule has 0 aromatic carbocycles. The Morgan fingerprint density at radius 3 is 2.38 bits per heavy atom. The van der Waals surface area contributed by atoms with Crippen LogP contribution in [0.1, 0.15) is 40.0 Å². The number of hydrogen-bond donors (Lipinski definition) is 2. The fraction of sp³-hybridized carbons (Fsp3) is 0.818. The Morgan fingerprint density at radius 2 is 2.00 bits per heavy atom.